The molecule has 0 unspecified atom stereocenters. The average Bonchev–Trinajstić information content (AvgIpc) is 3.40. The van der Waals surface area contributed by atoms with Crippen LogP contribution in [0.15, 0.2) is 54.6 Å². The van der Waals surface area contributed by atoms with E-state index >= 15 is 0 Å². The van der Waals surface area contributed by atoms with Gasteiger partial charge in [0.1, 0.15) is 11.5 Å². The topological polar surface area (TPSA) is 103 Å². The third-order valence-electron chi connectivity index (χ3n) is 6.88. The van der Waals surface area contributed by atoms with Crippen LogP contribution in [0.5, 0.6) is 0 Å². The molecule has 0 saturated carbocycles. The van der Waals surface area contributed by atoms with Gasteiger partial charge in [-0.1, -0.05) is 50.2 Å². The number of nitrogens with one attached hydrogen (secondary N) is 2. The Bertz CT molecular complexity index is 1240. The van der Waals surface area contributed by atoms with Crippen molar-refractivity contribution in [1.82, 2.24) is 9.80 Å². The van der Waals surface area contributed by atoms with Crippen LogP contribution in [0.3, 0.4) is 0 Å². The number of amides is 4. The number of para-hydroxylation sites is 2. The summed E-state index contributed by atoms with van der Waals surface area (Å²) in [5.41, 5.74) is 0.906. The second kappa shape index (κ2) is 9.82. The van der Waals surface area contributed by atoms with E-state index in [4.69, 9.17) is 6.57 Å². The highest BCUT2D eigenvalue weighted by Crippen LogP contribution is 2.46. The fraction of sp³-hybridized carbons (Fsp3) is 0.370. The van der Waals surface area contributed by atoms with Crippen molar-refractivity contribution in [2.75, 3.05) is 24.2 Å². The van der Waals surface area contributed by atoms with E-state index in [2.05, 4.69) is 15.5 Å². The number of likely N-dealkylation sites (tertiary alicyclic amines) is 1. The fourth-order valence-corrected chi connectivity index (χ4v) is 5.03. The van der Waals surface area contributed by atoms with Crippen LogP contribution in [-0.2, 0) is 24.6 Å². The van der Waals surface area contributed by atoms with Gasteiger partial charge < -0.3 is 15.5 Å². The standard InChI is InChI=1S/C27H29N5O4/c1-17(2)14-21(31(4)25(35)23(33)29-18-10-6-5-7-11-18)24(34)32-16-27(15-22(32)28-3)19-12-8-9-13-20(19)30-26(27)36/h5-13,17,21-22H,14-16H2,1-2,4H3,(H,29,33)(H,30,36)/t21-,22-,27-/m0/s1. The number of carbonyl (C=O) groups is 4. The van der Waals surface area contributed by atoms with Gasteiger partial charge in [-0.2, -0.15) is 0 Å². The number of fused-ring (bicyclic) bond motifs is 2. The quantitative estimate of drug-likeness (QED) is 0.500. The van der Waals surface area contributed by atoms with E-state index in [1.807, 2.05) is 32.0 Å². The van der Waals surface area contributed by atoms with Gasteiger partial charge in [0.2, 0.25) is 5.91 Å². The Hall–Kier alpha value is -4.19. The van der Waals surface area contributed by atoms with E-state index < -0.39 is 35.3 Å². The SMILES string of the molecule is [C-]#[N+][C@@H]1C[C@@]2(CN1C(=O)[C@H](CC(C)C)N(C)C(=O)C(=O)Nc1ccccc1)C(=O)Nc1ccccc12. The molecule has 36 heavy (non-hydrogen) atoms. The van der Waals surface area contributed by atoms with Crippen LogP contribution in [0.4, 0.5) is 11.4 Å². The zero-order valence-electron chi connectivity index (χ0n) is 20.5. The summed E-state index contributed by atoms with van der Waals surface area (Å²) in [7, 11) is 1.42. The molecule has 1 spiro atoms. The highest BCUT2D eigenvalue weighted by molar-refractivity contribution is 6.39. The molecule has 2 aromatic rings. The van der Waals surface area contributed by atoms with Gasteiger partial charge in [0.05, 0.1) is 6.42 Å². The predicted molar refractivity (Wildman–Crippen MR) is 135 cm³/mol. The zero-order chi connectivity index (χ0) is 26.0. The number of carbonyl (C=O) groups excluding carboxylic acids is 4. The van der Waals surface area contributed by atoms with Crippen molar-refractivity contribution in [3.63, 3.8) is 0 Å². The van der Waals surface area contributed by atoms with Crippen molar-refractivity contribution >= 4 is 35.0 Å². The molecular weight excluding hydrogens is 458 g/mol. The van der Waals surface area contributed by atoms with Crippen molar-refractivity contribution in [2.24, 2.45) is 5.92 Å². The number of anilines is 2. The minimum atomic E-state index is -1.02. The van der Waals surface area contributed by atoms with Crippen LogP contribution < -0.4 is 10.6 Å². The van der Waals surface area contributed by atoms with E-state index in [9.17, 15) is 19.2 Å². The van der Waals surface area contributed by atoms with Crippen molar-refractivity contribution in [3.05, 3.63) is 71.6 Å². The van der Waals surface area contributed by atoms with Gasteiger partial charge in [0.15, 0.2) is 0 Å². The van der Waals surface area contributed by atoms with Crippen LogP contribution in [0.1, 0.15) is 32.3 Å². The molecule has 4 rings (SSSR count). The largest absolute Gasteiger partial charge is 0.325 e. The lowest BCUT2D eigenvalue weighted by molar-refractivity contribution is -0.149. The monoisotopic (exact) mass is 487 g/mol. The van der Waals surface area contributed by atoms with Gasteiger partial charge in [-0.15, -0.1) is 0 Å². The Kier molecular flexibility index (Phi) is 6.80. The molecule has 2 aliphatic rings. The molecule has 0 radical (unpaired) electrons. The number of likely N-dealkylation sites (N-methyl/N-ethyl adjacent to an activating group) is 1. The number of nitrogens with zero attached hydrogens (tertiary/aromatic N) is 3. The minimum Gasteiger partial charge on any atom is -0.325 e. The fourth-order valence-electron chi connectivity index (χ4n) is 5.03. The lowest BCUT2D eigenvalue weighted by atomic mass is 9.80. The average molecular weight is 488 g/mol. The van der Waals surface area contributed by atoms with Crippen molar-refractivity contribution in [1.29, 1.82) is 0 Å². The van der Waals surface area contributed by atoms with E-state index in [0.717, 1.165) is 10.5 Å². The Labute approximate surface area is 210 Å². The van der Waals surface area contributed by atoms with E-state index in [0.29, 0.717) is 17.8 Å². The molecule has 0 bridgehead atoms. The summed E-state index contributed by atoms with van der Waals surface area (Å²) in [5, 5.41) is 5.44. The van der Waals surface area contributed by atoms with Gasteiger partial charge in [0, 0.05) is 25.0 Å². The molecule has 186 valence electrons. The molecular formula is C27H29N5O4. The van der Waals surface area contributed by atoms with Gasteiger partial charge in [-0.05, 0) is 36.1 Å². The third-order valence-corrected chi connectivity index (χ3v) is 6.88. The molecule has 2 aromatic carbocycles. The van der Waals surface area contributed by atoms with Crippen LogP contribution in [0, 0.1) is 12.5 Å². The molecule has 0 aliphatic carbocycles. The lowest BCUT2D eigenvalue weighted by Crippen LogP contribution is -2.53. The van der Waals surface area contributed by atoms with Gasteiger partial charge in [-0.3, -0.25) is 28.9 Å². The van der Waals surface area contributed by atoms with Crippen LogP contribution in [0.2, 0.25) is 0 Å². The second-order valence-electron chi connectivity index (χ2n) is 9.74. The molecule has 3 atom stereocenters. The Morgan fingerprint density at radius 3 is 2.50 bits per heavy atom. The van der Waals surface area contributed by atoms with Gasteiger partial charge in [0.25, 0.3) is 5.91 Å². The number of hydrogen-bond acceptors (Lipinski definition) is 4. The summed E-state index contributed by atoms with van der Waals surface area (Å²) in [5.74, 6) is -2.35. The van der Waals surface area contributed by atoms with Crippen LogP contribution in [-0.4, -0.2) is 59.2 Å². The van der Waals surface area contributed by atoms with E-state index in [-0.39, 0.29) is 24.8 Å². The van der Waals surface area contributed by atoms with Crippen molar-refractivity contribution < 1.29 is 19.2 Å². The van der Waals surface area contributed by atoms with Gasteiger partial charge in [-0.25, -0.2) is 6.57 Å². The first kappa shape index (κ1) is 24.9. The van der Waals surface area contributed by atoms with E-state index in [1.54, 1.807) is 36.4 Å². The Morgan fingerprint density at radius 2 is 1.83 bits per heavy atom. The first-order valence-electron chi connectivity index (χ1n) is 11.9. The Balaban J connectivity index is 1.59. The first-order valence-corrected chi connectivity index (χ1v) is 11.9. The number of rotatable bonds is 5. The van der Waals surface area contributed by atoms with Crippen LogP contribution >= 0.6 is 0 Å². The summed E-state index contributed by atoms with van der Waals surface area (Å²) < 4.78 is 0. The van der Waals surface area contributed by atoms with Crippen molar-refractivity contribution in [2.45, 2.75) is 44.3 Å². The summed E-state index contributed by atoms with van der Waals surface area (Å²) >= 11 is 0. The Morgan fingerprint density at radius 1 is 1.17 bits per heavy atom. The molecule has 2 heterocycles. The summed E-state index contributed by atoms with van der Waals surface area (Å²) in [4.78, 5) is 58.8. The number of hydrogen-bond donors (Lipinski definition) is 2. The summed E-state index contributed by atoms with van der Waals surface area (Å²) in [6.07, 6.45) is -0.381. The van der Waals surface area contributed by atoms with Gasteiger partial charge >= 0.3 is 18.0 Å². The first-order chi connectivity index (χ1) is 17.2. The highest BCUT2D eigenvalue weighted by atomic mass is 16.2. The second-order valence-corrected chi connectivity index (χ2v) is 9.74. The van der Waals surface area contributed by atoms with Crippen molar-refractivity contribution in [3.8, 4) is 0 Å². The molecule has 9 heteroatoms. The maximum absolute atomic E-state index is 13.9. The molecule has 9 nitrogen and oxygen atoms in total. The summed E-state index contributed by atoms with van der Waals surface area (Å²) in [6.45, 7) is 11.6. The minimum absolute atomic E-state index is 0.0323. The highest BCUT2D eigenvalue weighted by Gasteiger charge is 2.59. The van der Waals surface area contributed by atoms with Crippen LogP contribution in [0.25, 0.3) is 4.85 Å². The number of benzene rings is 2. The normalized spacial score (nSPS) is 21.0. The zero-order valence-corrected chi connectivity index (χ0v) is 20.5. The maximum Gasteiger partial charge on any atom is 0.313 e. The molecule has 4 amide bonds. The summed E-state index contributed by atoms with van der Waals surface area (Å²) in [6, 6.07) is 14.9. The molecule has 1 fully saturated rings. The lowest BCUT2D eigenvalue weighted by Gasteiger charge is -2.31. The molecule has 1 saturated heterocycles. The third kappa shape index (κ3) is 4.42. The molecule has 2 N–H and O–H groups in total. The maximum atomic E-state index is 13.9. The smallest absolute Gasteiger partial charge is 0.313 e. The molecule has 2 aliphatic heterocycles. The van der Waals surface area contributed by atoms with E-state index in [1.165, 1.54) is 11.9 Å². The predicted octanol–water partition coefficient (Wildman–Crippen LogP) is 2.87. The molecule has 0 aromatic heterocycles.